The minimum Gasteiger partial charge on any atom is -0.339 e. The molecule has 1 aliphatic rings. The summed E-state index contributed by atoms with van der Waals surface area (Å²) in [5.74, 6) is 0.0821. The normalized spacial score (nSPS) is 14.7. The Morgan fingerprint density at radius 1 is 1.07 bits per heavy atom. The molecule has 2 amide bonds. The van der Waals surface area contributed by atoms with Crippen LogP contribution in [0.25, 0.3) is 10.2 Å². The molecule has 146 valence electrons. The highest BCUT2D eigenvalue weighted by molar-refractivity contribution is 7.19. The fraction of sp³-hybridized carbons (Fsp3) is 0.333. The number of carbonyl (C=O) groups excluding carboxylic acids is 2. The fourth-order valence-electron chi connectivity index (χ4n) is 3.72. The molecule has 3 heterocycles. The SMILES string of the molecule is CC(=O)N1CCN(C(=O)c2cc3sc(C)cc3n2Cc2cccc(Cl)c2)CC1. The number of nitrogens with zero attached hydrogens (tertiary/aromatic N) is 3. The Kier molecular flexibility index (Phi) is 5.17. The van der Waals surface area contributed by atoms with Crippen LogP contribution in [0, 0.1) is 6.92 Å². The van der Waals surface area contributed by atoms with Gasteiger partial charge in [0.1, 0.15) is 5.69 Å². The van der Waals surface area contributed by atoms with Crippen molar-refractivity contribution in [3.05, 3.63) is 57.6 Å². The van der Waals surface area contributed by atoms with Crippen LogP contribution < -0.4 is 0 Å². The molecule has 0 aliphatic carbocycles. The van der Waals surface area contributed by atoms with Crippen molar-refractivity contribution < 1.29 is 9.59 Å². The van der Waals surface area contributed by atoms with Gasteiger partial charge in [0.25, 0.3) is 5.91 Å². The van der Waals surface area contributed by atoms with E-state index in [4.69, 9.17) is 11.6 Å². The summed E-state index contributed by atoms with van der Waals surface area (Å²) in [6.07, 6.45) is 0. The van der Waals surface area contributed by atoms with Gasteiger partial charge in [-0.2, -0.15) is 0 Å². The molecule has 0 radical (unpaired) electrons. The molecule has 0 unspecified atom stereocenters. The number of fused-ring (bicyclic) bond motifs is 1. The number of hydrogen-bond donors (Lipinski definition) is 0. The van der Waals surface area contributed by atoms with Crippen molar-refractivity contribution in [2.45, 2.75) is 20.4 Å². The summed E-state index contributed by atoms with van der Waals surface area (Å²) in [5.41, 5.74) is 2.83. The Morgan fingerprint density at radius 3 is 2.46 bits per heavy atom. The summed E-state index contributed by atoms with van der Waals surface area (Å²) in [6, 6.07) is 11.9. The summed E-state index contributed by atoms with van der Waals surface area (Å²) < 4.78 is 3.20. The number of benzene rings is 1. The zero-order valence-electron chi connectivity index (χ0n) is 15.9. The van der Waals surface area contributed by atoms with Crippen LogP contribution in [-0.4, -0.2) is 52.4 Å². The number of thiophene rings is 1. The second-order valence-electron chi connectivity index (χ2n) is 7.15. The Bertz CT molecular complexity index is 1050. The van der Waals surface area contributed by atoms with E-state index in [2.05, 4.69) is 17.6 Å². The van der Waals surface area contributed by atoms with Gasteiger partial charge in [0.05, 0.1) is 10.2 Å². The van der Waals surface area contributed by atoms with Gasteiger partial charge < -0.3 is 14.4 Å². The van der Waals surface area contributed by atoms with Crippen molar-refractivity contribution in [2.24, 2.45) is 0 Å². The lowest BCUT2D eigenvalue weighted by molar-refractivity contribution is -0.130. The number of hydrogen-bond acceptors (Lipinski definition) is 3. The molecule has 3 aromatic rings. The van der Waals surface area contributed by atoms with E-state index in [9.17, 15) is 9.59 Å². The van der Waals surface area contributed by atoms with Crippen LogP contribution in [0.3, 0.4) is 0 Å². The first kappa shape index (κ1) is 19.0. The molecule has 1 aromatic carbocycles. The third-order valence-electron chi connectivity index (χ3n) is 5.17. The molecule has 5 nitrogen and oxygen atoms in total. The maximum absolute atomic E-state index is 13.3. The fourth-order valence-corrected chi connectivity index (χ4v) is 4.89. The van der Waals surface area contributed by atoms with Crippen LogP contribution in [0.15, 0.2) is 36.4 Å². The third kappa shape index (κ3) is 3.66. The van der Waals surface area contributed by atoms with Crippen molar-refractivity contribution in [2.75, 3.05) is 26.2 Å². The van der Waals surface area contributed by atoms with Crippen molar-refractivity contribution >= 4 is 45.0 Å². The Balaban J connectivity index is 1.66. The molecule has 1 saturated heterocycles. The molecule has 1 fully saturated rings. The maximum Gasteiger partial charge on any atom is 0.270 e. The van der Waals surface area contributed by atoms with Gasteiger partial charge in [-0.25, -0.2) is 0 Å². The third-order valence-corrected chi connectivity index (χ3v) is 6.40. The molecule has 0 saturated carbocycles. The first-order valence-corrected chi connectivity index (χ1v) is 10.5. The Morgan fingerprint density at radius 2 is 1.79 bits per heavy atom. The van der Waals surface area contributed by atoms with Crippen LogP contribution in [-0.2, 0) is 11.3 Å². The molecular weight excluding hydrogens is 394 g/mol. The average molecular weight is 416 g/mol. The van der Waals surface area contributed by atoms with Crippen molar-refractivity contribution in [3.8, 4) is 0 Å². The van der Waals surface area contributed by atoms with Gasteiger partial charge in [-0.1, -0.05) is 23.7 Å². The smallest absolute Gasteiger partial charge is 0.270 e. The van der Waals surface area contributed by atoms with Gasteiger partial charge in [-0.05, 0) is 36.8 Å². The average Bonchev–Trinajstić information content (AvgIpc) is 3.18. The number of aromatic nitrogens is 1. The van der Waals surface area contributed by atoms with E-state index in [1.54, 1.807) is 23.2 Å². The van der Waals surface area contributed by atoms with E-state index in [1.807, 2.05) is 35.2 Å². The van der Waals surface area contributed by atoms with Crippen LogP contribution in [0.4, 0.5) is 0 Å². The number of piperazine rings is 1. The molecule has 0 bridgehead atoms. The molecule has 1 aliphatic heterocycles. The number of carbonyl (C=O) groups is 2. The van der Waals surface area contributed by atoms with Gasteiger partial charge in [0, 0.05) is 49.5 Å². The van der Waals surface area contributed by atoms with Crippen molar-refractivity contribution in [3.63, 3.8) is 0 Å². The topological polar surface area (TPSA) is 45.6 Å². The van der Waals surface area contributed by atoms with Gasteiger partial charge >= 0.3 is 0 Å². The lowest BCUT2D eigenvalue weighted by atomic mass is 10.2. The Labute approximate surface area is 173 Å². The number of rotatable bonds is 3. The predicted octanol–water partition coefficient (Wildman–Crippen LogP) is 4.02. The molecule has 0 atom stereocenters. The Hall–Kier alpha value is -2.31. The zero-order chi connectivity index (χ0) is 19.8. The van der Waals surface area contributed by atoms with Gasteiger partial charge in [-0.3, -0.25) is 9.59 Å². The van der Waals surface area contributed by atoms with Crippen molar-refractivity contribution in [1.82, 2.24) is 14.4 Å². The van der Waals surface area contributed by atoms with Gasteiger partial charge in [0.15, 0.2) is 0 Å². The van der Waals surface area contributed by atoms with E-state index in [0.717, 1.165) is 15.8 Å². The van der Waals surface area contributed by atoms with Gasteiger partial charge in [-0.15, -0.1) is 11.3 Å². The number of halogens is 1. The van der Waals surface area contributed by atoms with E-state index in [1.165, 1.54) is 4.88 Å². The molecular formula is C21H22ClN3O2S. The summed E-state index contributed by atoms with van der Waals surface area (Å²) in [7, 11) is 0. The molecule has 4 rings (SSSR count). The summed E-state index contributed by atoms with van der Waals surface area (Å²) in [4.78, 5) is 29.7. The zero-order valence-corrected chi connectivity index (χ0v) is 17.5. The largest absolute Gasteiger partial charge is 0.339 e. The highest BCUT2D eigenvalue weighted by Gasteiger charge is 2.26. The van der Waals surface area contributed by atoms with E-state index in [0.29, 0.717) is 43.4 Å². The quantitative estimate of drug-likeness (QED) is 0.648. The molecule has 2 aromatic heterocycles. The van der Waals surface area contributed by atoms with Crippen LogP contribution in [0.1, 0.15) is 27.9 Å². The predicted molar refractivity (Wildman–Crippen MR) is 113 cm³/mol. The lowest BCUT2D eigenvalue weighted by Crippen LogP contribution is -2.50. The highest BCUT2D eigenvalue weighted by Crippen LogP contribution is 2.30. The van der Waals surface area contributed by atoms with Crippen LogP contribution in [0.2, 0.25) is 5.02 Å². The van der Waals surface area contributed by atoms with E-state index >= 15 is 0 Å². The minimum absolute atomic E-state index is 0.0197. The van der Waals surface area contributed by atoms with Crippen LogP contribution >= 0.6 is 22.9 Å². The number of amides is 2. The summed E-state index contributed by atoms with van der Waals surface area (Å²) in [5, 5.41) is 0.690. The number of aryl methyl sites for hydroxylation is 1. The molecule has 0 N–H and O–H groups in total. The van der Waals surface area contributed by atoms with E-state index in [-0.39, 0.29) is 11.8 Å². The lowest BCUT2D eigenvalue weighted by Gasteiger charge is -2.34. The van der Waals surface area contributed by atoms with Crippen LogP contribution in [0.5, 0.6) is 0 Å². The first-order chi connectivity index (χ1) is 13.4. The maximum atomic E-state index is 13.3. The van der Waals surface area contributed by atoms with Gasteiger partial charge in [0.2, 0.25) is 5.91 Å². The second kappa shape index (κ2) is 7.60. The molecule has 7 heteroatoms. The summed E-state index contributed by atoms with van der Waals surface area (Å²) in [6.45, 7) is 6.55. The highest BCUT2D eigenvalue weighted by atomic mass is 35.5. The monoisotopic (exact) mass is 415 g/mol. The van der Waals surface area contributed by atoms with Crippen molar-refractivity contribution in [1.29, 1.82) is 0 Å². The molecule has 28 heavy (non-hydrogen) atoms. The second-order valence-corrected chi connectivity index (χ2v) is 8.87. The molecule has 0 spiro atoms. The standard InChI is InChI=1S/C21H22ClN3O2S/c1-14-10-18-20(28-14)12-19(25(18)13-16-4-3-5-17(22)11-16)21(27)24-8-6-23(7-9-24)15(2)26/h3-5,10-12H,6-9,13H2,1-2H3. The minimum atomic E-state index is 0.0197. The van der Waals surface area contributed by atoms with E-state index < -0.39 is 0 Å². The first-order valence-electron chi connectivity index (χ1n) is 9.31. The summed E-state index contributed by atoms with van der Waals surface area (Å²) >= 11 is 7.85.